The van der Waals surface area contributed by atoms with E-state index in [2.05, 4.69) is 21.3 Å². The van der Waals surface area contributed by atoms with Gasteiger partial charge in [-0.3, -0.25) is 14.4 Å². The summed E-state index contributed by atoms with van der Waals surface area (Å²) in [4.78, 5) is 60.6. The number of hydrogen-bond acceptors (Lipinski definition) is 6. The van der Waals surface area contributed by atoms with Gasteiger partial charge < -0.3 is 31.4 Å². The number of urea groups is 1. The monoisotopic (exact) mass is 663 g/mol. The third-order valence-corrected chi connectivity index (χ3v) is 9.11. The first-order valence-electron chi connectivity index (χ1n) is 14.9. The molecule has 1 aromatic rings. The molecule has 16 heteroatoms. The third-order valence-electron chi connectivity index (χ3n) is 7.60. The summed E-state index contributed by atoms with van der Waals surface area (Å²) < 4.78 is 68.7. The van der Waals surface area contributed by atoms with E-state index in [-0.39, 0.29) is 42.8 Å². The number of aldehydes is 1. The molecule has 5 amide bonds. The molecule has 0 saturated carbocycles. The molecule has 0 aliphatic carbocycles. The van der Waals surface area contributed by atoms with Crippen molar-refractivity contribution in [3.8, 4) is 0 Å². The molecule has 250 valence electrons. The molecule has 0 radical (unpaired) electrons. The molecule has 2 fully saturated rings. The number of rotatable bonds is 17. The molecule has 0 bridgehead atoms. The van der Waals surface area contributed by atoms with Crippen molar-refractivity contribution in [1.29, 1.82) is 0 Å². The number of amides is 5. The third kappa shape index (κ3) is 9.78. The van der Waals surface area contributed by atoms with Crippen LogP contribution in [0, 0.1) is 35.0 Å². The number of carbonyl (C=O) groups is 5. The van der Waals surface area contributed by atoms with Crippen molar-refractivity contribution in [3.05, 3.63) is 34.6 Å². The van der Waals surface area contributed by atoms with Crippen LogP contribution in [-0.4, -0.2) is 71.8 Å². The average molecular weight is 664 g/mol. The highest BCUT2D eigenvalue weighted by atomic mass is 32.2. The van der Waals surface area contributed by atoms with E-state index < -0.39 is 58.5 Å². The van der Waals surface area contributed by atoms with Gasteiger partial charge >= 0.3 is 6.03 Å². The molecule has 1 aromatic carbocycles. The first-order valence-corrected chi connectivity index (χ1v) is 15.9. The van der Waals surface area contributed by atoms with E-state index in [4.69, 9.17) is 0 Å². The molecule has 2 aliphatic rings. The Kier molecular flexibility index (Phi) is 13.4. The van der Waals surface area contributed by atoms with Crippen LogP contribution in [0.3, 0.4) is 0 Å². The van der Waals surface area contributed by atoms with Crippen LogP contribution in [0.15, 0.2) is 0 Å². The molecular weight excluding hydrogens is 625 g/mol. The van der Waals surface area contributed by atoms with Gasteiger partial charge in [0.2, 0.25) is 17.6 Å². The van der Waals surface area contributed by atoms with Crippen molar-refractivity contribution in [2.24, 2.45) is 5.92 Å². The van der Waals surface area contributed by atoms with Crippen molar-refractivity contribution < 1.29 is 45.9 Å². The van der Waals surface area contributed by atoms with Crippen molar-refractivity contribution in [3.63, 3.8) is 0 Å². The van der Waals surface area contributed by atoms with Crippen molar-refractivity contribution >= 4 is 41.8 Å². The second-order valence-corrected chi connectivity index (χ2v) is 12.8. The van der Waals surface area contributed by atoms with Crippen LogP contribution in [0.4, 0.5) is 26.7 Å². The lowest BCUT2D eigenvalue weighted by molar-refractivity contribution is -0.126. The lowest BCUT2D eigenvalue weighted by atomic mass is 10.0. The Morgan fingerprint density at radius 1 is 0.933 bits per heavy atom. The van der Waals surface area contributed by atoms with E-state index in [1.165, 1.54) is 0 Å². The number of benzene rings is 1. The Morgan fingerprint density at radius 3 is 2.24 bits per heavy atom. The molecule has 45 heavy (non-hydrogen) atoms. The van der Waals surface area contributed by atoms with Crippen LogP contribution in [0.2, 0.25) is 0 Å². The van der Waals surface area contributed by atoms with Crippen molar-refractivity contribution in [2.45, 2.75) is 94.6 Å². The fourth-order valence-corrected chi connectivity index (χ4v) is 6.82. The van der Waals surface area contributed by atoms with Crippen LogP contribution >= 0.6 is 11.8 Å². The highest BCUT2D eigenvalue weighted by Gasteiger charge is 2.42. The second-order valence-electron chi connectivity index (χ2n) is 11.6. The molecule has 5 atom stereocenters. The van der Waals surface area contributed by atoms with Gasteiger partial charge in [0.1, 0.15) is 17.9 Å². The number of thioether (sulfide) groups is 1. The van der Waals surface area contributed by atoms with Gasteiger partial charge in [-0.05, 0) is 44.4 Å². The van der Waals surface area contributed by atoms with Crippen LogP contribution in [0.5, 0.6) is 0 Å². The maximum absolute atomic E-state index is 14.1. The molecule has 2 aliphatic heterocycles. The summed E-state index contributed by atoms with van der Waals surface area (Å²) in [6.45, 7) is 3.70. The zero-order valence-corrected chi connectivity index (χ0v) is 25.8. The van der Waals surface area contributed by atoms with Gasteiger partial charge in [0, 0.05) is 24.0 Å². The lowest BCUT2D eigenvalue weighted by Crippen LogP contribution is -2.51. The zero-order chi connectivity index (χ0) is 33.3. The summed E-state index contributed by atoms with van der Waals surface area (Å²) in [5.74, 6) is -13.7. The van der Waals surface area contributed by atoms with E-state index in [0.717, 1.165) is 18.6 Å². The highest BCUT2D eigenvalue weighted by Crippen LogP contribution is 2.33. The molecule has 10 nitrogen and oxygen atoms in total. The molecule has 0 aromatic heterocycles. The molecule has 0 spiro atoms. The van der Waals surface area contributed by atoms with Gasteiger partial charge in [0.15, 0.2) is 23.3 Å². The summed E-state index contributed by atoms with van der Waals surface area (Å²) in [6, 6.07) is -2.26. The summed E-state index contributed by atoms with van der Waals surface area (Å²) in [7, 11) is 0. The minimum absolute atomic E-state index is 0.0566. The van der Waals surface area contributed by atoms with Gasteiger partial charge in [-0.1, -0.05) is 20.3 Å². The Labute approximate surface area is 261 Å². The quantitative estimate of drug-likeness (QED) is 0.0433. The van der Waals surface area contributed by atoms with Crippen molar-refractivity contribution in [2.75, 3.05) is 12.3 Å². The van der Waals surface area contributed by atoms with E-state index in [9.17, 15) is 45.9 Å². The first kappa shape index (κ1) is 36.0. The Bertz CT molecular complexity index is 1240. The van der Waals surface area contributed by atoms with Gasteiger partial charge in [0.05, 0.1) is 18.1 Å². The fourth-order valence-electron chi connectivity index (χ4n) is 5.27. The smallest absolute Gasteiger partial charge is 0.315 e. The molecule has 0 unspecified atom stereocenters. The number of halogens is 5. The minimum atomic E-state index is -2.42. The van der Waals surface area contributed by atoms with Gasteiger partial charge in [-0.15, -0.1) is 0 Å². The van der Waals surface area contributed by atoms with Crippen LogP contribution < -0.4 is 26.6 Å². The number of unbranched alkanes of at least 4 members (excludes halogenated alkanes) is 2. The van der Waals surface area contributed by atoms with Gasteiger partial charge in [-0.25, -0.2) is 26.7 Å². The standard InChI is InChI=1S/C29H38F5N5O5S/c1-14(2)11-16(37-28(43)20-21(30)23(32)25(34)24(33)22(20)31)27(42)36-15(12-40)7-5-6-10-35-19(41)9-4-3-8-18-26-17(13-45-18)38-29(44)39-26/h12,14-18,26H,3-11,13H2,1-2H3,(H,35,41)(H,36,42)(H,37,43)(H2,38,39,44)/t15-,16-,17-,18-,26-/m0/s1. The minimum Gasteiger partial charge on any atom is -0.356 e. The Morgan fingerprint density at radius 2 is 1.60 bits per heavy atom. The van der Waals surface area contributed by atoms with Crippen LogP contribution in [0.25, 0.3) is 0 Å². The maximum atomic E-state index is 14.1. The molecule has 5 N–H and O–H groups in total. The largest absolute Gasteiger partial charge is 0.356 e. The molecular formula is C29H38F5N5O5S. The number of hydrogen-bond donors (Lipinski definition) is 5. The SMILES string of the molecule is CC(C)C[C@H](NC(=O)c1c(F)c(F)c(F)c(F)c1F)C(=O)N[C@H](C=O)CCCCNC(=O)CCCC[C@@H]1SC[C@@H]2NC(=O)N[C@@H]21. The zero-order valence-electron chi connectivity index (χ0n) is 25.0. The lowest BCUT2D eigenvalue weighted by Gasteiger charge is -2.22. The number of fused-ring (bicyclic) bond motifs is 1. The number of carbonyl (C=O) groups excluding carboxylic acids is 5. The summed E-state index contributed by atoms with van der Waals surface area (Å²) in [5.41, 5.74) is -1.72. The van der Waals surface area contributed by atoms with Crippen molar-refractivity contribution in [1.82, 2.24) is 26.6 Å². The van der Waals surface area contributed by atoms with Gasteiger partial charge in [0.25, 0.3) is 5.91 Å². The topological polar surface area (TPSA) is 146 Å². The first-order chi connectivity index (χ1) is 21.3. The normalized spacial score (nSPS) is 20.2. The van der Waals surface area contributed by atoms with Crippen LogP contribution in [0.1, 0.15) is 75.6 Å². The summed E-state index contributed by atoms with van der Waals surface area (Å²) in [5, 5.41) is 13.4. The summed E-state index contributed by atoms with van der Waals surface area (Å²) in [6.07, 6.45) is 4.38. The number of nitrogens with one attached hydrogen (secondary N) is 5. The van der Waals surface area contributed by atoms with Gasteiger partial charge in [-0.2, -0.15) is 11.8 Å². The fraction of sp³-hybridized carbons (Fsp3) is 0.621. The molecule has 2 saturated heterocycles. The van der Waals surface area contributed by atoms with E-state index in [1.54, 1.807) is 13.8 Å². The predicted octanol–water partition coefficient (Wildman–Crippen LogP) is 3.22. The maximum Gasteiger partial charge on any atom is 0.315 e. The Balaban J connectivity index is 1.38. The van der Waals surface area contributed by atoms with E-state index >= 15 is 0 Å². The predicted molar refractivity (Wildman–Crippen MR) is 156 cm³/mol. The van der Waals surface area contributed by atoms with E-state index in [1.807, 2.05) is 17.1 Å². The molecule has 3 rings (SSSR count). The van der Waals surface area contributed by atoms with Crippen LogP contribution in [-0.2, 0) is 14.4 Å². The average Bonchev–Trinajstić information content (AvgIpc) is 3.54. The second kappa shape index (κ2) is 16.8. The Hall–Kier alpha value is -3.43. The van der Waals surface area contributed by atoms with E-state index in [0.29, 0.717) is 43.8 Å². The highest BCUT2D eigenvalue weighted by molar-refractivity contribution is 8.00. The summed E-state index contributed by atoms with van der Waals surface area (Å²) >= 11 is 1.82. The molecule has 2 heterocycles.